The van der Waals surface area contributed by atoms with Crippen molar-refractivity contribution >= 4 is 24.5 Å². The number of ether oxygens (including phenoxy) is 1. The molecule has 5 rings (SSSR count). The molecule has 6 nitrogen and oxygen atoms in total. The summed E-state index contributed by atoms with van der Waals surface area (Å²) in [6.07, 6.45) is 9.15. The highest BCUT2D eigenvalue weighted by Crippen LogP contribution is 2.38. The molecule has 2 aromatic rings. The van der Waals surface area contributed by atoms with Crippen molar-refractivity contribution in [1.82, 2.24) is 5.32 Å². The minimum absolute atomic E-state index is 0.436. The van der Waals surface area contributed by atoms with Gasteiger partial charge in [-0.1, -0.05) is 36.4 Å². The van der Waals surface area contributed by atoms with Gasteiger partial charge in [0.1, 0.15) is 0 Å². The van der Waals surface area contributed by atoms with E-state index in [1.165, 1.54) is 40.7 Å². The molecule has 1 saturated heterocycles. The van der Waals surface area contributed by atoms with Crippen LogP contribution in [0, 0.1) is 0 Å². The van der Waals surface area contributed by atoms with Crippen molar-refractivity contribution in [2.45, 2.75) is 64.0 Å². The largest absolute Gasteiger partial charge is 0.381 e. The summed E-state index contributed by atoms with van der Waals surface area (Å²) in [5.74, 6) is 0. The number of carbonyl (C=O) groups is 1. The Morgan fingerprint density at radius 1 is 0.969 bits per heavy atom. The molecule has 0 bridgehead atoms. The molecule has 1 aliphatic heterocycles. The zero-order valence-corrected chi connectivity index (χ0v) is 19.6. The van der Waals surface area contributed by atoms with Gasteiger partial charge in [0.2, 0.25) is 0 Å². The molecule has 6 N–H and O–H groups in total. The van der Waals surface area contributed by atoms with Gasteiger partial charge >= 0.3 is 6.03 Å². The molecule has 174 valence electrons. The van der Waals surface area contributed by atoms with Gasteiger partial charge in [0.05, 0.1) is 0 Å². The predicted molar refractivity (Wildman–Crippen MR) is 134 cm³/mol. The van der Waals surface area contributed by atoms with Crippen LogP contribution in [0.1, 0.15) is 53.5 Å². The average Bonchev–Trinajstić information content (AvgIpc) is 3.50. The Bertz CT molecular complexity index is 838. The van der Waals surface area contributed by atoms with Gasteiger partial charge in [-0.3, -0.25) is 5.14 Å². The Labute approximate surface area is 197 Å². The summed E-state index contributed by atoms with van der Waals surface area (Å²) < 4.78 is 5.31. The third-order valence-corrected chi connectivity index (χ3v) is 6.38. The first-order chi connectivity index (χ1) is 15.7. The number of thiol groups is 1. The zero-order valence-electron chi connectivity index (χ0n) is 18.7. The first-order valence-electron chi connectivity index (χ1n) is 11.5. The Morgan fingerprint density at radius 3 is 2.12 bits per heavy atom. The number of aryl methyl sites for hydroxylation is 2. The van der Waals surface area contributed by atoms with E-state index in [4.69, 9.17) is 10.5 Å². The fourth-order valence-electron chi connectivity index (χ4n) is 4.85. The highest BCUT2D eigenvalue weighted by atomic mass is 32.1. The second kappa shape index (κ2) is 12.8. The number of carbonyl (C=O) groups excluding carboxylic acids is 1. The Kier molecular flexibility index (Phi) is 9.87. The van der Waals surface area contributed by atoms with Crippen LogP contribution in [0.25, 0.3) is 0 Å². The van der Waals surface area contributed by atoms with E-state index in [1.54, 1.807) is 0 Å². The maximum Gasteiger partial charge on any atom is 0.316 e. The monoisotopic (exact) mass is 456 g/mol. The summed E-state index contributed by atoms with van der Waals surface area (Å²) in [7, 11) is 0. The lowest BCUT2D eigenvalue weighted by Crippen LogP contribution is -2.34. The molecule has 0 aromatic heterocycles. The second-order valence-electron chi connectivity index (χ2n) is 8.48. The first-order valence-corrected chi connectivity index (χ1v) is 12.1. The van der Waals surface area contributed by atoms with Crippen molar-refractivity contribution in [2.75, 3.05) is 18.5 Å². The topological polar surface area (TPSA) is 102 Å². The number of hydrogen-bond donors (Lipinski definition) is 5. The smallest absolute Gasteiger partial charge is 0.316 e. The molecule has 32 heavy (non-hydrogen) atoms. The van der Waals surface area contributed by atoms with Crippen molar-refractivity contribution in [3.05, 3.63) is 64.2 Å². The van der Waals surface area contributed by atoms with E-state index in [1.807, 2.05) is 0 Å². The molecule has 1 heterocycles. The van der Waals surface area contributed by atoms with E-state index in [-0.39, 0.29) is 0 Å². The van der Waals surface area contributed by atoms with Crippen LogP contribution in [0.15, 0.2) is 36.4 Å². The Balaban J connectivity index is 0.000000169. The van der Waals surface area contributed by atoms with E-state index < -0.39 is 6.03 Å². The number of anilines is 1. The molecular formula is C25H36N4O2S. The third-order valence-electron chi connectivity index (χ3n) is 6.38. The lowest BCUT2D eigenvalue weighted by Gasteiger charge is -2.23. The molecular weight excluding hydrogens is 420 g/mol. The molecule has 0 saturated carbocycles. The number of rotatable bonds is 4. The van der Waals surface area contributed by atoms with Crippen LogP contribution in [0.4, 0.5) is 10.5 Å². The van der Waals surface area contributed by atoms with Crippen molar-refractivity contribution in [1.29, 1.82) is 0 Å². The molecule has 1 fully saturated rings. The molecule has 0 atom stereocenters. The van der Waals surface area contributed by atoms with Gasteiger partial charge < -0.3 is 21.1 Å². The number of primary amides is 1. The molecule has 7 heteroatoms. The third kappa shape index (κ3) is 6.72. The maximum absolute atomic E-state index is 11.1. The molecule has 2 aliphatic carbocycles. The number of nitrogens with two attached hydrogens (primary N) is 2. The van der Waals surface area contributed by atoms with E-state index in [9.17, 15) is 4.79 Å². The predicted octanol–water partition coefficient (Wildman–Crippen LogP) is 3.90. The minimum Gasteiger partial charge on any atom is -0.381 e. The van der Waals surface area contributed by atoms with E-state index in [0.29, 0.717) is 6.04 Å². The number of hydrogen-bond acceptors (Lipinski definition) is 5. The van der Waals surface area contributed by atoms with Gasteiger partial charge in [-0.2, -0.15) is 0 Å². The summed E-state index contributed by atoms with van der Waals surface area (Å²) in [6.45, 7) is 2.80. The van der Waals surface area contributed by atoms with Crippen LogP contribution in [0.2, 0.25) is 0 Å². The average molecular weight is 457 g/mol. The Hall–Kier alpha value is -2.06. The van der Waals surface area contributed by atoms with Gasteiger partial charge in [0.25, 0.3) is 0 Å². The van der Waals surface area contributed by atoms with Crippen molar-refractivity contribution < 1.29 is 9.53 Å². The van der Waals surface area contributed by atoms with Crippen molar-refractivity contribution in [2.24, 2.45) is 10.9 Å². The SMILES string of the molecule is NC(=O)Nc1c2c(cc3c1CCC3)CCC2.NS.c1ccc(CNC2CCOCC2)cc1. The van der Waals surface area contributed by atoms with E-state index >= 15 is 0 Å². The van der Waals surface area contributed by atoms with Gasteiger partial charge in [0, 0.05) is 31.5 Å². The van der Waals surface area contributed by atoms with Gasteiger partial charge in [-0.15, -0.1) is 12.8 Å². The molecule has 0 unspecified atom stereocenters. The molecule has 0 spiro atoms. The highest BCUT2D eigenvalue weighted by Gasteiger charge is 2.24. The van der Waals surface area contributed by atoms with Crippen LogP contribution in [-0.4, -0.2) is 25.3 Å². The standard InChI is InChI=1S/C13H16N2O.C12H17NO.H3NS/c14-13(16)15-12-10-5-1-3-8(10)7-9-4-2-6-11(9)12;1-2-4-11(5-3-1)10-13-12-6-8-14-9-7-12;1-2/h7H,1-6H2,(H3,14,15,16);1-5,12-13H,6-10H2;2H,1H2. The van der Waals surface area contributed by atoms with Crippen LogP contribution in [0.3, 0.4) is 0 Å². The van der Waals surface area contributed by atoms with Crippen molar-refractivity contribution in [3.63, 3.8) is 0 Å². The molecule has 2 amide bonds. The fraction of sp³-hybridized carbons (Fsp3) is 0.480. The summed E-state index contributed by atoms with van der Waals surface area (Å²) in [4.78, 5) is 11.1. The summed E-state index contributed by atoms with van der Waals surface area (Å²) in [5, 5.41) is 10.6. The fourth-order valence-corrected chi connectivity index (χ4v) is 4.85. The summed E-state index contributed by atoms with van der Waals surface area (Å²) >= 11 is 3.03. The van der Waals surface area contributed by atoms with Crippen LogP contribution >= 0.6 is 12.8 Å². The highest BCUT2D eigenvalue weighted by molar-refractivity contribution is 7.77. The van der Waals surface area contributed by atoms with E-state index in [2.05, 4.69) is 65.0 Å². The summed E-state index contributed by atoms with van der Waals surface area (Å²) in [5.41, 5.74) is 13.2. The Morgan fingerprint density at radius 2 is 1.56 bits per heavy atom. The molecule has 3 aliphatic rings. The van der Waals surface area contributed by atoms with Gasteiger partial charge in [-0.05, 0) is 79.2 Å². The van der Waals surface area contributed by atoms with Crippen molar-refractivity contribution in [3.8, 4) is 0 Å². The minimum atomic E-state index is -0.436. The van der Waals surface area contributed by atoms with Gasteiger partial charge in [-0.25, -0.2) is 4.79 Å². The normalized spacial score (nSPS) is 16.7. The van der Waals surface area contributed by atoms with E-state index in [0.717, 1.165) is 64.0 Å². The molecule has 2 aromatic carbocycles. The maximum atomic E-state index is 11.1. The number of fused-ring (bicyclic) bond motifs is 2. The van der Waals surface area contributed by atoms with Crippen LogP contribution in [-0.2, 0) is 37.0 Å². The van der Waals surface area contributed by atoms with Gasteiger partial charge in [0.15, 0.2) is 0 Å². The second-order valence-corrected chi connectivity index (χ2v) is 8.48. The lowest BCUT2D eigenvalue weighted by molar-refractivity contribution is 0.0776. The number of urea groups is 1. The summed E-state index contributed by atoms with van der Waals surface area (Å²) in [6, 6.07) is 13.1. The van der Waals surface area contributed by atoms with Crippen LogP contribution in [0.5, 0.6) is 0 Å². The number of nitrogens with one attached hydrogen (secondary N) is 2. The lowest BCUT2D eigenvalue weighted by atomic mass is 9.99. The quantitative estimate of drug-likeness (QED) is 0.450. The first kappa shape index (κ1) is 24.6. The zero-order chi connectivity index (χ0) is 22.8. The number of benzene rings is 2. The van der Waals surface area contributed by atoms with Crippen LogP contribution < -0.4 is 21.5 Å². The molecule has 0 radical (unpaired) electrons. The number of amides is 2.